The highest BCUT2D eigenvalue weighted by atomic mass is 32.2. The number of phenolic OH excluding ortho intramolecular Hbond substituents is 2. The summed E-state index contributed by atoms with van der Waals surface area (Å²) in [7, 11) is -15.2. The molecule has 0 saturated carbocycles. The van der Waals surface area contributed by atoms with Crippen LogP contribution in [0.2, 0.25) is 0 Å². The molecule has 1 aliphatic heterocycles. The summed E-state index contributed by atoms with van der Waals surface area (Å²) in [4.78, 5) is 32.0. The molecule has 1 amide bonds. The maximum atomic E-state index is 13.1. The van der Waals surface area contributed by atoms with Crippen LogP contribution in [-0.4, -0.2) is 88.0 Å². The number of hydrogen-bond acceptors (Lipinski definition) is 23. The number of aromatic carboxylic acids is 1. The lowest BCUT2D eigenvalue weighted by Crippen LogP contribution is -2.29. The number of anilines is 1. The standard InChI is InChI=1S/C33H23N9O19S4/c1-14-27(32(45)41(40-14)18-4-6-19(7-5-18)63(51,52)53)37-35-17-2-8-21(24(13-17)64(54,55)56)36-39-29-25(65(57,58)59)11-15-10-23(62-61-60-50)28(30(43)26(15)31(29)44)38-34-16-3-9-22(42(48)49)20(12-16)33(46)47/h2-13,27,43-44,50H,1H3,(H,46,47)(H,51,52,53)(H,54,55,56)(H,57,58,59)/b37-35+,38-34+,39-36+. The summed E-state index contributed by atoms with van der Waals surface area (Å²) in [6.07, 6.45) is 0. The molecular formula is C33H23N9O19S4. The van der Waals surface area contributed by atoms with E-state index in [0.717, 1.165) is 53.5 Å². The van der Waals surface area contributed by atoms with Crippen LogP contribution in [0.4, 0.5) is 39.8 Å². The summed E-state index contributed by atoms with van der Waals surface area (Å²) in [5, 5.41) is 82.1. The van der Waals surface area contributed by atoms with Gasteiger partial charge in [0.25, 0.3) is 41.9 Å². The molecule has 0 fully saturated rings. The summed E-state index contributed by atoms with van der Waals surface area (Å²) in [5.74, 6) is -4.80. The van der Waals surface area contributed by atoms with Crippen LogP contribution in [0.3, 0.4) is 0 Å². The largest absolute Gasteiger partial charge is 0.505 e. The molecule has 0 spiro atoms. The molecule has 0 bridgehead atoms. The van der Waals surface area contributed by atoms with E-state index in [9.17, 15) is 73.9 Å². The van der Waals surface area contributed by atoms with E-state index in [2.05, 4.69) is 45.2 Å². The van der Waals surface area contributed by atoms with Crippen molar-refractivity contribution < 1.29 is 83.4 Å². The number of phenols is 2. The number of hydrogen-bond donors (Lipinski definition) is 7. The molecule has 6 rings (SSSR count). The molecule has 0 saturated heterocycles. The van der Waals surface area contributed by atoms with Gasteiger partial charge in [0.2, 0.25) is 0 Å². The molecular weight excluding hydrogens is 955 g/mol. The van der Waals surface area contributed by atoms with Crippen LogP contribution in [0, 0.1) is 10.1 Å². The Morgan fingerprint density at radius 3 is 2.02 bits per heavy atom. The predicted octanol–water partition coefficient (Wildman–Crippen LogP) is 6.73. The van der Waals surface area contributed by atoms with Crippen molar-refractivity contribution in [2.24, 2.45) is 35.8 Å². The minimum atomic E-state index is -5.38. The van der Waals surface area contributed by atoms with Gasteiger partial charge in [-0.05, 0) is 79.0 Å². The van der Waals surface area contributed by atoms with Crippen LogP contribution >= 0.6 is 12.0 Å². The number of azo groups is 3. The lowest BCUT2D eigenvalue weighted by molar-refractivity contribution is -0.432. The zero-order chi connectivity index (χ0) is 47.8. The zero-order valence-corrected chi connectivity index (χ0v) is 35.0. The Hall–Kier alpha value is -7.27. The fraction of sp³-hybridized carbons (Fsp3) is 0.0606. The fourth-order valence-electron chi connectivity index (χ4n) is 5.71. The van der Waals surface area contributed by atoms with Crippen LogP contribution in [0.1, 0.15) is 17.3 Å². The minimum Gasteiger partial charge on any atom is -0.505 e. The van der Waals surface area contributed by atoms with Crippen LogP contribution in [-0.2, 0) is 44.5 Å². The molecule has 65 heavy (non-hydrogen) atoms. The Morgan fingerprint density at radius 1 is 0.800 bits per heavy atom. The molecule has 1 atom stereocenters. The minimum absolute atomic E-state index is 0.0856. The van der Waals surface area contributed by atoms with Crippen molar-refractivity contribution in [1.82, 2.24) is 0 Å². The van der Waals surface area contributed by atoms with E-state index < -0.39 is 118 Å². The Labute approximate surface area is 366 Å². The quantitative estimate of drug-likeness (QED) is 0.0143. The Morgan fingerprint density at radius 2 is 1.42 bits per heavy atom. The average molecular weight is 978 g/mol. The highest BCUT2D eigenvalue weighted by Crippen LogP contribution is 2.51. The van der Waals surface area contributed by atoms with Gasteiger partial charge in [-0.25, -0.2) is 10.1 Å². The number of nitro groups is 1. The number of carbonyl (C=O) groups is 2. The number of nitrogens with zero attached hydrogens (tertiary/aromatic N) is 9. The molecule has 0 radical (unpaired) electrons. The lowest BCUT2D eigenvalue weighted by Gasteiger charge is -2.13. The SMILES string of the molecule is CC1=NN(c2ccc(S(=O)(=O)O)cc2)C(=O)C1/N=N/c1ccc(/N=N/c2c(S(=O)(=O)O)cc3cc(SOOO)c(/N=N/c4ccc([N+](=O)[O-])c(C(=O)O)c4)c(O)c3c2O)c(S(=O)(=O)O)c1. The van der Waals surface area contributed by atoms with Crippen LogP contribution in [0.5, 0.6) is 11.5 Å². The second kappa shape index (κ2) is 18.1. The number of fused-ring (bicyclic) bond motifs is 1. The second-order valence-electron chi connectivity index (χ2n) is 12.7. The van der Waals surface area contributed by atoms with Gasteiger partial charge < -0.3 is 15.3 Å². The summed E-state index contributed by atoms with van der Waals surface area (Å²) in [5.41, 5.74) is -4.59. The topological polar surface area (TPSA) is 430 Å². The number of carbonyl (C=O) groups excluding carboxylic acids is 1. The molecule has 0 aromatic heterocycles. The first kappa shape index (κ1) is 47.2. The molecule has 1 aliphatic rings. The number of aromatic hydroxyl groups is 2. The van der Waals surface area contributed by atoms with E-state index in [4.69, 9.17) is 5.26 Å². The van der Waals surface area contributed by atoms with E-state index in [1.54, 1.807) is 0 Å². The van der Waals surface area contributed by atoms with Crippen LogP contribution < -0.4 is 5.01 Å². The van der Waals surface area contributed by atoms with E-state index in [1.165, 1.54) is 19.1 Å². The first-order valence-electron chi connectivity index (χ1n) is 16.9. The van der Waals surface area contributed by atoms with Gasteiger partial charge in [-0.2, -0.15) is 50.7 Å². The maximum absolute atomic E-state index is 13.1. The van der Waals surface area contributed by atoms with Crippen LogP contribution in [0.25, 0.3) is 10.8 Å². The zero-order valence-electron chi connectivity index (χ0n) is 31.7. The molecule has 7 N–H and O–H groups in total. The lowest BCUT2D eigenvalue weighted by atomic mass is 10.1. The highest BCUT2D eigenvalue weighted by molar-refractivity contribution is 7.94. The van der Waals surface area contributed by atoms with E-state index >= 15 is 0 Å². The third kappa shape index (κ3) is 10.1. The number of rotatable bonds is 15. The van der Waals surface area contributed by atoms with E-state index in [1.807, 2.05) is 0 Å². The monoisotopic (exact) mass is 977 g/mol. The molecule has 28 nitrogen and oxygen atoms in total. The summed E-state index contributed by atoms with van der Waals surface area (Å²) < 4.78 is 107. The molecule has 5 aromatic carbocycles. The maximum Gasteiger partial charge on any atom is 0.342 e. The van der Waals surface area contributed by atoms with Crippen LogP contribution in [0.15, 0.2) is 128 Å². The average Bonchev–Trinajstić information content (AvgIpc) is 3.51. The molecule has 1 heterocycles. The summed E-state index contributed by atoms with van der Waals surface area (Å²) in [6, 6.07) is 9.81. The number of hydrazone groups is 1. The van der Waals surface area contributed by atoms with Gasteiger partial charge in [0.1, 0.15) is 32.4 Å². The molecule has 32 heteroatoms. The molecule has 338 valence electrons. The fourth-order valence-corrected chi connectivity index (χ4v) is 7.98. The van der Waals surface area contributed by atoms with Gasteiger partial charge in [0.15, 0.2) is 17.5 Å². The molecule has 5 aromatic rings. The second-order valence-corrected chi connectivity index (χ2v) is 17.7. The predicted molar refractivity (Wildman–Crippen MR) is 218 cm³/mol. The summed E-state index contributed by atoms with van der Waals surface area (Å²) >= 11 is 0.124. The smallest absolute Gasteiger partial charge is 0.342 e. The van der Waals surface area contributed by atoms with Crippen molar-refractivity contribution in [3.8, 4) is 11.5 Å². The molecule has 1 unspecified atom stereocenters. The Bertz CT molecular complexity index is 3310. The van der Waals surface area contributed by atoms with Crippen molar-refractivity contribution in [2.75, 3.05) is 5.01 Å². The first-order valence-corrected chi connectivity index (χ1v) is 22.0. The van der Waals surface area contributed by atoms with E-state index in [0.29, 0.717) is 12.1 Å². The van der Waals surface area contributed by atoms with Gasteiger partial charge in [-0.15, -0.1) is 19.7 Å². The normalized spacial score (nSPS) is 14.9. The van der Waals surface area contributed by atoms with Crippen molar-refractivity contribution >= 4 is 111 Å². The van der Waals surface area contributed by atoms with Crippen molar-refractivity contribution in [1.29, 1.82) is 0 Å². The van der Waals surface area contributed by atoms with Crippen molar-refractivity contribution in [2.45, 2.75) is 32.5 Å². The summed E-state index contributed by atoms with van der Waals surface area (Å²) in [6.45, 7) is 1.40. The Balaban J connectivity index is 1.39. The van der Waals surface area contributed by atoms with Gasteiger partial charge >= 0.3 is 5.97 Å². The third-order valence-corrected chi connectivity index (χ3v) is 11.8. The number of nitro benzene ring substituents is 1. The molecule has 0 aliphatic carbocycles. The number of carboxylic acids is 1. The van der Waals surface area contributed by atoms with Gasteiger partial charge in [0, 0.05) is 6.07 Å². The highest BCUT2D eigenvalue weighted by Gasteiger charge is 2.35. The first-order chi connectivity index (χ1) is 30.4. The third-order valence-electron chi connectivity index (χ3n) is 8.60. The number of benzene rings is 5. The number of amides is 1. The van der Waals surface area contributed by atoms with Gasteiger partial charge in [-0.3, -0.25) is 28.6 Å². The van der Waals surface area contributed by atoms with Gasteiger partial charge in [-0.1, -0.05) is 5.04 Å². The number of carboxylic acid groups (broad SMARTS) is 1. The Kier molecular flexibility index (Phi) is 13.1. The van der Waals surface area contributed by atoms with Crippen molar-refractivity contribution in [3.05, 3.63) is 88.5 Å². The van der Waals surface area contributed by atoms with E-state index in [-0.39, 0.29) is 39.7 Å². The van der Waals surface area contributed by atoms with Crippen molar-refractivity contribution in [3.63, 3.8) is 0 Å². The van der Waals surface area contributed by atoms with Gasteiger partial charge in [0.05, 0.1) is 54.9 Å².